The number of Topliss-reactive ketones (excluding diaryl/α,β-unsaturated/α-hetero) is 1. The standard InChI is InChI=1S/C34H41N3O/c1-7-32(38)22-37(23-33(24(2)3)27(6)35)31-19-15-28(16-20-31)21-26(5)36-34(29-11-9-8-10-12-29)30-17-13-25(4)14-18-30/h8-20,34-36H,5,7,21-23H2,1-4,6H3. The summed E-state index contributed by atoms with van der Waals surface area (Å²) >= 11 is 0. The number of hydrogen-bond donors (Lipinski definition) is 2. The molecule has 0 amide bonds. The van der Waals surface area contributed by atoms with Crippen LogP contribution < -0.4 is 10.2 Å². The summed E-state index contributed by atoms with van der Waals surface area (Å²) in [6.07, 6.45) is 1.19. The second-order valence-corrected chi connectivity index (χ2v) is 10.2. The first-order valence-electron chi connectivity index (χ1n) is 13.3. The maximum absolute atomic E-state index is 12.4. The Hall–Kier alpha value is -3.92. The topological polar surface area (TPSA) is 56.2 Å². The van der Waals surface area contributed by atoms with Crippen LogP contribution in [0.5, 0.6) is 0 Å². The van der Waals surface area contributed by atoms with E-state index in [0.717, 1.165) is 28.1 Å². The number of aryl methyl sites for hydroxylation is 1. The molecule has 0 radical (unpaired) electrons. The Morgan fingerprint density at radius 1 is 0.895 bits per heavy atom. The van der Waals surface area contributed by atoms with Crippen molar-refractivity contribution in [1.29, 1.82) is 5.41 Å². The van der Waals surface area contributed by atoms with E-state index in [1.807, 2.05) is 33.8 Å². The minimum atomic E-state index is 0.0194. The zero-order valence-corrected chi connectivity index (χ0v) is 23.5. The lowest BCUT2D eigenvalue weighted by atomic mass is 9.97. The van der Waals surface area contributed by atoms with Crippen LogP contribution in [0.1, 0.15) is 62.4 Å². The molecular formula is C34H41N3O. The SMILES string of the molecule is C=C(Cc1ccc(N(CC(=O)CC)CC(C(C)=N)=C(C)C)cc1)NC(c1ccccc1)c1ccc(C)cc1. The van der Waals surface area contributed by atoms with Gasteiger partial charge in [0.1, 0.15) is 0 Å². The molecule has 0 aromatic heterocycles. The minimum absolute atomic E-state index is 0.0194. The minimum Gasteiger partial charge on any atom is -0.378 e. The van der Waals surface area contributed by atoms with E-state index < -0.39 is 0 Å². The van der Waals surface area contributed by atoms with Gasteiger partial charge in [0.05, 0.1) is 12.6 Å². The van der Waals surface area contributed by atoms with Crippen molar-refractivity contribution in [2.75, 3.05) is 18.0 Å². The fourth-order valence-corrected chi connectivity index (χ4v) is 4.50. The van der Waals surface area contributed by atoms with Gasteiger partial charge in [-0.3, -0.25) is 4.79 Å². The van der Waals surface area contributed by atoms with Gasteiger partial charge in [-0.25, -0.2) is 0 Å². The third-order valence-electron chi connectivity index (χ3n) is 6.78. The summed E-state index contributed by atoms with van der Waals surface area (Å²) in [5, 5.41) is 11.8. The van der Waals surface area contributed by atoms with Crippen molar-refractivity contribution >= 4 is 17.2 Å². The van der Waals surface area contributed by atoms with E-state index in [1.54, 1.807) is 0 Å². The fourth-order valence-electron chi connectivity index (χ4n) is 4.50. The number of nitrogens with one attached hydrogen (secondary N) is 2. The van der Waals surface area contributed by atoms with Gasteiger partial charge in [-0.05, 0) is 62.1 Å². The molecule has 1 atom stereocenters. The molecule has 0 saturated heterocycles. The Morgan fingerprint density at radius 3 is 2.05 bits per heavy atom. The smallest absolute Gasteiger partial charge is 0.151 e. The maximum atomic E-state index is 12.4. The van der Waals surface area contributed by atoms with E-state index in [9.17, 15) is 4.79 Å². The summed E-state index contributed by atoms with van der Waals surface area (Å²) in [5.74, 6) is 0.186. The Labute approximate surface area is 228 Å². The molecular weight excluding hydrogens is 466 g/mol. The highest BCUT2D eigenvalue weighted by molar-refractivity contribution is 5.97. The summed E-state index contributed by atoms with van der Waals surface area (Å²) < 4.78 is 0. The first kappa shape index (κ1) is 28.6. The Morgan fingerprint density at radius 2 is 1.50 bits per heavy atom. The van der Waals surface area contributed by atoms with Crippen LogP contribution in [0.25, 0.3) is 0 Å². The molecule has 38 heavy (non-hydrogen) atoms. The molecule has 0 fully saturated rings. The molecule has 1 unspecified atom stereocenters. The second kappa shape index (κ2) is 13.6. The molecule has 198 valence electrons. The first-order valence-corrected chi connectivity index (χ1v) is 13.3. The van der Waals surface area contributed by atoms with E-state index in [-0.39, 0.29) is 11.8 Å². The Kier molecular flexibility index (Phi) is 10.2. The summed E-state index contributed by atoms with van der Waals surface area (Å²) in [5.41, 5.74) is 9.32. The van der Waals surface area contributed by atoms with Crippen molar-refractivity contribution in [3.8, 4) is 0 Å². The fraction of sp³-hybridized carbons (Fsp3) is 0.294. The van der Waals surface area contributed by atoms with Crippen molar-refractivity contribution in [3.63, 3.8) is 0 Å². The van der Waals surface area contributed by atoms with E-state index >= 15 is 0 Å². The molecule has 2 N–H and O–H groups in total. The number of rotatable bonds is 13. The number of carbonyl (C=O) groups is 1. The van der Waals surface area contributed by atoms with Gasteiger partial charge in [-0.15, -0.1) is 0 Å². The van der Waals surface area contributed by atoms with E-state index in [4.69, 9.17) is 5.41 Å². The van der Waals surface area contributed by atoms with Crippen LogP contribution in [0.4, 0.5) is 5.69 Å². The van der Waals surface area contributed by atoms with E-state index in [1.165, 1.54) is 16.7 Å². The molecule has 4 heteroatoms. The van der Waals surface area contributed by atoms with Crippen LogP contribution in [0.15, 0.2) is 102 Å². The highest BCUT2D eigenvalue weighted by Crippen LogP contribution is 2.25. The van der Waals surface area contributed by atoms with Gasteiger partial charge >= 0.3 is 0 Å². The largest absolute Gasteiger partial charge is 0.378 e. The third-order valence-corrected chi connectivity index (χ3v) is 6.78. The molecule has 0 saturated carbocycles. The van der Waals surface area contributed by atoms with Crippen molar-refractivity contribution < 1.29 is 4.79 Å². The second-order valence-electron chi connectivity index (χ2n) is 10.2. The lowest BCUT2D eigenvalue weighted by Crippen LogP contribution is -2.33. The van der Waals surface area contributed by atoms with Crippen molar-refractivity contribution in [2.24, 2.45) is 0 Å². The van der Waals surface area contributed by atoms with E-state index in [2.05, 4.69) is 96.5 Å². The number of benzene rings is 3. The number of ketones is 1. The monoisotopic (exact) mass is 507 g/mol. The Bertz CT molecular complexity index is 1270. The first-order chi connectivity index (χ1) is 18.2. The zero-order chi connectivity index (χ0) is 27.7. The summed E-state index contributed by atoms with van der Waals surface area (Å²) in [7, 11) is 0. The molecule has 0 heterocycles. The average Bonchev–Trinajstić information content (AvgIpc) is 2.90. The summed E-state index contributed by atoms with van der Waals surface area (Å²) in [6.45, 7) is 15.1. The highest BCUT2D eigenvalue weighted by Gasteiger charge is 2.16. The predicted octanol–water partition coefficient (Wildman–Crippen LogP) is 7.59. The lowest BCUT2D eigenvalue weighted by molar-refractivity contribution is -0.117. The van der Waals surface area contributed by atoms with Crippen molar-refractivity contribution in [3.05, 3.63) is 125 Å². The molecule has 0 aliphatic heterocycles. The molecule has 0 spiro atoms. The van der Waals surface area contributed by atoms with Gasteiger partial charge in [0.2, 0.25) is 0 Å². The van der Waals surface area contributed by atoms with Crippen LogP contribution in [0, 0.1) is 12.3 Å². The van der Waals surface area contributed by atoms with Gasteiger partial charge in [-0.1, -0.05) is 91.4 Å². The Balaban J connectivity index is 1.77. The molecule has 4 nitrogen and oxygen atoms in total. The molecule has 3 aromatic carbocycles. The zero-order valence-electron chi connectivity index (χ0n) is 23.5. The number of hydrogen-bond acceptors (Lipinski definition) is 4. The van der Waals surface area contributed by atoms with Crippen LogP contribution in [-0.4, -0.2) is 24.6 Å². The van der Waals surface area contributed by atoms with Crippen LogP contribution in [0.2, 0.25) is 0 Å². The van der Waals surface area contributed by atoms with Crippen LogP contribution >= 0.6 is 0 Å². The van der Waals surface area contributed by atoms with Crippen molar-refractivity contribution in [2.45, 2.75) is 53.5 Å². The molecule has 3 rings (SSSR count). The van der Waals surface area contributed by atoms with Gasteiger partial charge in [0, 0.05) is 36.5 Å². The summed E-state index contributed by atoms with van der Waals surface area (Å²) in [6, 6.07) is 27.5. The molecule has 0 aliphatic rings. The molecule has 0 aliphatic carbocycles. The maximum Gasteiger partial charge on any atom is 0.151 e. The molecule has 0 bridgehead atoms. The van der Waals surface area contributed by atoms with Crippen molar-refractivity contribution in [1.82, 2.24) is 5.32 Å². The lowest BCUT2D eigenvalue weighted by Gasteiger charge is -2.26. The average molecular weight is 508 g/mol. The summed E-state index contributed by atoms with van der Waals surface area (Å²) in [4.78, 5) is 14.4. The van der Waals surface area contributed by atoms with E-state index in [0.29, 0.717) is 31.6 Å². The molecule has 3 aromatic rings. The van der Waals surface area contributed by atoms with Gasteiger partial charge in [-0.2, -0.15) is 0 Å². The number of allylic oxidation sites excluding steroid dienone is 2. The predicted molar refractivity (Wildman–Crippen MR) is 161 cm³/mol. The van der Waals surface area contributed by atoms with Crippen LogP contribution in [0.3, 0.4) is 0 Å². The quantitative estimate of drug-likeness (QED) is 0.234. The van der Waals surface area contributed by atoms with Gasteiger partial charge in [0.25, 0.3) is 0 Å². The normalized spacial score (nSPS) is 11.4. The van der Waals surface area contributed by atoms with Gasteiger partial charge in [0.15, 0.2) is 5.78 Å². The van der Waals surface area contributed by atoms with Crippen LogP contribution in [-0.2, 0) is 11.2 Å². The number of carbonyl (C=O) groups excluding carboxylic acids is 1. The highest BCUT2D eigenvalue weighted by atomic mass is 16.1. The van der Waals surface area contributed by atoms with Gasteiger partial charge < -0.3 is 15.6 Å². The third kappa shape index (κ3) is 8.04. The number of nitrogens with zero attached hydrogens (tertiary/aromatic N) is 1. The number of anilines is 1.